The molecule has 0 bridgehead atoms. The quantitative estimate of drug-likeness (QED) is 0.700. The summed E-state index contributed by atoms with van der Waals surface area (Å²) in [5.74, 6) is 0. The number of imidazole rings is 1. The summed E-state index contributed by atoms with van der Waals surface area (Å²) in [6.07, 6.45) is 1.91. The highest BCUT2D eigenvalue weighted by atomic mass is 15.1. The first-order chi connectivity index (χ1) is 7.11. The lowest BCUT2D eigenvalue weighted by Crippen LogP contribution is -2.28. The summed E-state index contributed by atoms with van der Waals surface area (Å²) in [4.78, 5) is 6.45. The lowest BCUT2D eigenvalue weighted by atomic mass is 10.4. The van der Waals surface area contributed by atoms with Crippen molar-refractivity contribution in [3.63, 3.8) is 0 Å². The summed E-state index contributed by atoms with van der Waals surface area (Å²) in [5.41, 5.74) is 2.40. The summed E-state index contributed by atoms with van der Waals surface area (Å²) in [6, 6.07) is 0. The maximum absolute atomic E-state index is 4.27. The van der Waals surface area contributed by atoms with E-state index < -0.39 is 0 Å². The fraction of sp³-hybridized carbons (Fsp3) is 0.727. The Bertz CT molecular complexity index is 291. The molecule has 0 saturated heterocycles. The van der Waals surface area contributed by atoms with E-state index in [9.17, 15) is 0 Å². The van der Waals surface area contributed by atoms with Crippen LogP contribution >= 0.6 is 0 Å². The van der Waals surface area contributed by atoms with Crippen molar-refractivity contribution < 1.29 is 0 Å². The van der Waals surface area contributed by atoms with Gasteiger partial charge in [0, 0.05) is 31.9 Å². The Morgan fingerprint density at radius 1 is 1.33 bits per heavy atom. The van der Waals surface area contributed by atoms with Crippen LogP contribution < -0.4 is 5.32 Å². The molecule has 4 nitrogen and oxygen atoms in total. The Balaban J connectivity index is 2.18. The molecule has 4 heteroatoms. The van der Waals surface area contributed by atoms with Gasteiger partial charge in [-0.1, -0.05) is 0 Å². The van der Waals surface area contributed by atoms with E-state index in [2.05, 4.69) is 40.8 Å². The van der Waals surface area contributed by atoms with Gasteiger partial charge in [-0.3, -0.25) is 0 Å². The monoisotopic (exact) mass is 210 g/mol. The lowest BCUT2D eigenvalue weighted by Gasteiger charge is -2.11. The molecule has 1 rings (SSSR count). The summed E-state index contributed by atoms with van der Waals surface area (Å²) < 4.78 is 2.19. The molecule has 0 fully saturated rings. The average molecular weight is 210 g/mol. The molecule has 0 aliphatic heterocycles. The van der Waals surface area contributed by atoms with Crippen molar-refractivity contribution in [3.05, 3.63) is 17.7 Å². The Kier molecular flexibility index (Phi) is 4.78. The molecular weight excluding hydrogens is 188 g/mol. The molecule has 1 aromatic rings. The van der Waals surface area contributed by atoms with Crippen molar-refractivity contribution in [2.75, 3.05) is 33.7 Å². The number of aromatic nitrogens is 2. The van der Waals surface area contributed by atoms with Crippen molar-refractivity contribution in [3.8, 4) is 0 Å². The highest BCUT2D eigenvalue weighted by molar-refractivity contribution is 5.08. The molecule has 0 aliphatic carbocycles. The van der Waals surface area contributed by atoms with E-state index in [1.165, 1.54) is 5.69 Å². The molecule has 0 saturated carbocycles. The molecule has 0 radical (unpaired) electrons. The van der Waals surface area contributed by atoms with Crippen molar-refractivity contribution in [1.82, 2.24) is 19.8 Å². The van der Waals surface area contributed by atoms with Gasteiger partial charge in [0.1, 0.15) is 0 Å². The van der Waals surface area contributed by atoms with Gasteiger partial charge in [-0.05, 0) is 27.9 Å². The first-order valence-corrected chi connectivity index (χ1v) is 5.45. The Morgan fingerprint density at radius 3 is 2.60 bits per heavy atom. The van der Waals surface area contributed by atoms with E-state index in [0.29, 0.717) is 0 Å². The van der Waals surface area contributed by atoms with Crippen molar-refractivity contribution in [1.29, 1.82) is 0 Å². The number of nitrogens with zero attached hydrogens (tertiary/aromatic N) is 3. The van der Waals surface area contributed by atoms with Crippen molar-refractivity contribution >= 4 is 0 Å². The Hall–Kier alpha value is -0.870. The van der Waals surface area contributed by atoms with E-state index in [1.54, 1.807) is 0 Å². The summed E-state index contributed by atoms with van der Waals surface area (Å²) in [5, 5.41) is 3.41. The van der Waals surface area contributed by atoms with Gasteiger partial charge >= 0.3 is 0 Å². The molecule has 0 aromatic carbocycles. The maximum atomic E-state index is 4.27. The van der Waals surface area contributed by atoms with Crippen LogP contribution in [0.5, 0.6) is 0 Å². The number of nitrogens with one attached hydrogen (secondary N) is 1. The second kappa shape index (κ2) is 5.88. The molecule has 0 aliphatic rings. The maximum Gasteiger partial charge on any atom is 0.0951 e. The minimum absolute atomic E-state index is 1.00. The zero-order chi connectivity index (χ0) is 11.3. The van der Waals surface area contributed by atoms with Gasteiger partial charge in [0.2, 0.25) is 0 Å². The van der Waals surface area contributed by atoms with Gasteiger partial charge in [0.15, 0.2) is 0 Å². The van der Waals surface area contributed by atoms with Crippen LogP contribution in [0.2, 0.25) is 0 Å². The van der Waals surface area contributed by atoms with Gasteiger partial charge in [-0.2, -0.15) is 0 Å². The number of aryl methyl sites for hydroxylation is 1. The molecule has 1 heterocycles. The van der Waals surface area contributed by atoms with E-state index in [0.717, 1.165) is 31.9 Å². The second-order valence-corrected chi connectivity index (χ2v) is 4.16. The number of hydrogen-bond donors (Lipinski definition) is 1. The van der Waals surface area contributed by atoms with E-state index in [1.807, 2.05) is 13.3 Å². The van der Waals surface area contributed by atoms with Crippen LogP contribution in [0.15, 0.2) is 6.33 Å². The van der Waals surface area contributed by atoms with Crippen LogP contribution in [0.4, 0.5) is 0 Å². The minimum Gasteiger partial charge on any atom is -0.333 e. The van der Waals surface area contributed by atoms with Crippen LogP contribution in [0.1, 0.15) is 11.4 Å². The van der Waals surface area contributed by atoms with Crippen molar-refractivity contribution in [2.45, 2.75) is 20.4 Å². The third kappa shape index (κ3) is 4.01. The van der Waals surface area contributed by atoms with E-state index in [-0.39, 0.29) is 0 Å². The average Bonchev–Trinajstić information content (AvgIpc) is 2.48. The largest absolute Gasteiger partial charge is 0.333 e. The molecule has 1 N–H and O–H groups in total. The molecule has 1 aromatic heterocycles. The van der Waals surface area contributed by atoms with Crippen LogP contribution in [0, 0.1) is 13.8 Å². The second-order valence-electron chi connectivity index (χ2n) is 4.16. The van der Waals surface area contributed by atoms with Gasteiger partial charge in [0.25, 0.3) is 0 Å². The molecular formula is C11H22N4. The highest BCUT2D eigenvalue weighted by Crippen LogP contribution is 2.02. The molecule has 0 atom stereocenters. The van der Waals surface area contributed by atoms with Gasteiger partial charge in [-0.25, -0.2) is 4.98 Å². The van der Waals surface area contributed by atoms with Gasteiger partial charge in [0.05, 0.1) is 12.0 Å². The highest BCUT2D eigenvalue weighted by Gasteiger charge is 2.00. The fourth-order valence-electron chi connectivity index (χ4n) is 1.40. The first-order valence-electron chi connectivity index (χ1n) is 5.45. The molecule has 0 spiro atoms. The zero-order valence-electron chi connectivity index (χ0n) is 10.2. The molecule has 0 amide bonds. The predicted octanol–water partition coefficient (Wildman–Crippen LogP) is 0.651. The van der Waals surface area contributed by atoms with Crippen LogP contribution in [-0.2, 0) is 6.54 Å². The van der Waals surface area contributed by atoms with Gasteiger partial charge < -0.3 is 14.8 Å². The number of hydrogen-bond acceptors (Lipinski definition) is 3. The molecule has 0 unspecified atom stereocenters. The van der Waals surface area contributed by atoms with Crippen molar-refractivity contribution in [2.24, 2.45) is 0 Å². The lowest BCUT2D eigenvalue weighted by molar-refractivity contribution is 0.397. The fourth-order valence-corrected chi connectivity index (χ4v) is 1.40. The predicted molar refractivity (Wildman–Crippen MR) is 63.1 cm³/mol. The van der Waals surface area contributed by atoms with Crippen LogP contribution in [0.25, 0.3) is 0 Å². The first kappa shape index (κ1) is 12.2. The molecule has 15 heavy (non-hydrogen) atoms. The van der Waals surface area contributed by atoms with Crippen LogP contribution in [0.3, 0.4) is 0 Å². The standard InChI is InChI=1S/C11H22N4/c1-10-11(2)15(9-13-10)8-6-12-5-7-14(3)4/h9,12H,5-8H2,1-4H3. The third-order valence-corrected chi connectivity index (χ3v) is 2.61. The van der Waals surface area contributed by atoms with E-state index >= 15 is 0 Å². The Morgan fingerprint density at radius 2 is 2.07 bits per heavy atom. The minimum atomic E-state index is 1.00. The zero-order valence-corrected chi connectivity index (χ0v) is 10.2. The van der Waals surface area contributed by atoms with E-state index in [4.69, 9.17) is 0 Å². The smallest absolute Gasteiger partial charge is 0.0951 e. The number of rotatable bonds is 6. The van der Waals surface area contributed by atoms with Crippen LogP contribution in [-0.4, -0.2) is 48.2 Å². The summed E-state index contributed by atoms with van der Waals surface area (Å²) >= 11 is 0. The Labute approximate surface area is 92.3 Å². The SMILES string of the molecule is Cc1ncn(CCNCCN(C)C)c1C. The summed E-state index contributed by atoms with van der Waals surface area (Å²) in [6.45, 7) is 8.29. The molecule has 86 valence electrons. The normalized spacial score (nSPS) is 11.3. The van der Waals surface area contributed by atoms with Gasteiger partial charge in [-0.15, -0.1) is 0 Å². The third-order valence-electron chi connectivity index (χ3n) is 2.61. The number of likely N-dealkylation sites (N-methyl/N-ethyl adjacent to an activating group) is 1. The summed E-state index contributed by atoms with van der Waals surface area (Å²) in [7, 11) is 4.18. The topological polar surface area (TPSA) is 33.1 Å².